The molecule has 1 aromatic heterocycles. The number of benzene rings is 2. The smallest absolute Gasteiger partial charge is 0.227 e. The number of oxazole rings is 1. The lowest BCUT2D eigenvalue weighted by Crippen LogP contribution is -1.83. The Balaban J connectivity index is 2.12. The first kappa shape index (κ1) is 10.5. The van der Waals surface area contributed by atoms with E-state index in [-0.39, 0.29) is 0 Å². The first-order chi connectivity index (χ1) is 8.76. The van der Waals surface area contributed by atoms with Gasteiger partial charge in [-0.15, -0.1) is 4.91 Å². The predicted octanol–water partition coefficient (Wildman–Crippen LogP) is 3.47. The van der Waals surface area contributed by atoms with Gasteiger partial charge < -0.3 is 10.2 Å². The van der Waals surface area contributed by atoms with E-state index < -0.39 is 0 Å². The minimum absolute atomic E-state index is 0.333. The van der Waals surface area contributed by atoms with Crippen LogP contribution in [0.4, 0.5) is 11.4 Å². The Hall–Kier alpha value is -2.69. The van der Waals surface area contributed by atoms with Gasteiger partial charge >= 0.3 is 0 Å². The van der Waals surface area contributed by atoms with Crippen LogP contribution in [-0.4, -0.2) is 4.98 Å². The number of rotatable bonds is 2. The Bertz CT molecular complexity index is 717. The number of anilines is 1. The number of nitroso groups, excluding NO2 is 1. The summed E-state index contributed by atoms with van der Waals surface area (Å²) in [5.74, 6) is 0.494. The van der Waals surface area contributed by atoms with E-state index >= 15 is 0 Å². The van der Waals surface area contributed by atoms with E-state index in [0.29, 0.717) is 28.4 Å². The zero-order valence-corrected chi connectivity index (χ0v) is 9.33. The van der Waals surface area contributed by atoms with Crippen molar-refractivity contribution in [2.24, 2.45) is 5.18 Å². The molecule has 0 aliphatic rings. The minimum atomic E-state index is 0.333. The predicted molar refractivity (Wildman–Crippen MR) is 69.3 cm³/mol. The third-order valence-electron chi connectivity index (χ3n) is 2.63. The van der Waals surface area contributed by atoms with Crippen LogP contribution in [0.25, 0.3) is 22.6 Å². The Morgan fingerprint density at radius 2 is 1.89 bits per heavy atom. The fourth-order valence-electron chi connectivity index (χ4n) is 1.72. The van der Waals surface area contributed by atoms with Gasteiger partial charge in [-0.3, -0.25) is 0 Å². The van der Waals surface area contributed by atoms with Crippen LogP contribution in [0.5, 0.6) is 0 Å². The average Bonchev–Trinajstić information content (AvgIpc) is 2.82. The number of fused-ring (bicyclic) bond motifs is 1. The van der Waals surface area contributed by atoms with Crippen molar-refractivity contribution in [2.75, 3.05) is 5.73 Å². The molecule has 0 bridgehead atoms. The van der Waals surface area contributed by atoms with Gasteiger partial charge in [0.2, 0.25) is 5.89 Å². The molecule has 0 amide bonds. The Kier molecular flexibility index (Phi) is 2.30. The molecule has 0 saturated carbocycles. The fourth-order valence-corrected chi connectivity index (χ4v) is 1.72. The number of aromatic nitrogens is 1. The maximum Gasteiger partial charge on any atom is 0.227 e. The molecule has 0 unspecified atom stereocenters. The molecule has 0 saturated heterocycles. The van der Waals surface area contributed by atoms with Gasteiger partial charge in [-0.05, 0) is 47.6 Å². The van der Waals surface area contributed by atoms with Crippen molar-refractivity contribution in [3.05, 3.63) is 47.4 Å². The van der Waals surface area contributed by atoms with Crippen molar-refractivity contribution < 1.29 is 4.42 Å². The van der Waals surface area contributed by atoms with Gasteiger partial charge in [-0.1, -0.05) is 0 Å². The summed E-state index contributed by atoms with van der Waals surface area (Å²) >= 11 is 0. The molecule has 5 heteroatoms. The lowest BCUT2D eigenvalue weighted by Gasteiger charge is -1.95. The van der Waals surface area contributed by atoms with Crippen molar-refractivity contribution in [2.45, 2.75) is 0 Å². The number of nitrogens with two attached hydrogens (primary N) is 1. The SMILES string of the molecule is Nc1ccc(-c2nc3cc(N=O)ccc3o2)cc1. The fraction of sp³-hybridized carbons (Fsp3) is 0. The molecule has 2 N–H and O–H groups in total. The van der Waals surface area contributed by atoms with Gasteiger partial charge in [0.15, 0.2) is 5.58 Å². The summed E-state index contributed by atoms with van der Waals surface area (Å²) in [6.45, 7) is 0. The normalized spacial score (nSPS) is 10.7. The lowest BCUT2D eigenvalue weighted by atomic mass is 10.2. The zero-order valence-electron chi connectivity index (χ0n) is 9.33. The summed E-state index contributed by atoms with van der Waals surface area (Å²) in [5.41, 5.74) is 8.70. The standard InChI is InChI=1S/C13H9N3O2/c14-9-3-1-8(2-4-9)13-15-11-7-10(16-17)5-6-12(11)18-13/h1-7H,14H2. The topological polar surface area (TPSA) is 81.5 Å². The highest BCUT2D eigenvalue weighted by atomic mass is 16.3. The second-order valence-electron chi connectivity index (χ2n) is 3.88. The largest absolute Gasteiger partial charge is 0.436 e. The van der Waals surface area contributed by atoms with Crippen molar-refractivity contribution in [3.63, 3.8) is 0 Å². The van der Waals surface area contributed by atoms with Gasteiger partial charge in [0.05, 0.1) is 0 Å². The molecule has 0 aliphatic carbocycles. The van der Waals surface area contributed by atoms with Crippen LogP contribution in [-0.2, 0) is 0 Å². The highest BCUT2D eigenvalue weighted by molar-refractivity contribution is 5.79. The maximum atomic E-state index is 10.4. The summed E-state index contributed by atoms with van der Waals surface area (Å²) in [5, 5.41) is 2.87. The molecular weight excluding hydrogens is 230 g/mol. The molecular formula is C13H9N3O2. The van der Waals surface area contributed by atoms with Gasteiger partial charge in [-0.2, -0.15) is 0 Å². The van der Waals surface area contributed by atoms with Crippen LogP contribution in [0.3, 0.4) is 0 Å². The lowest BCUT2D eigenvalue weighted by molar-refractivity contribution is 0.620. The maximum absolute atomic E-state index is 10.4. The summed E-state index contributed by atoms with van der Waals surface area (Å²) in [7, 11) is 0. The van der Waals surface area contributed by atoms with E-state index in [9.17, 15) is 4.91 Å². The van der Waals surface area contributed by atoms with Gasteiger partial charge in [-0.25, -0.2) is 4.98 Å². The van der Waals surface area contributed by atoms with E-state index in [1.54, 1.807) is 30.3 Å². The van der Waals surface area contributed by atoms with Crippen molar-refractivity contribution in [1.29, 1.82) is 0 Å². The van der Waals surface area contributed by atoms with Crippen LogP contribution < -0.4 is 5.73 Å². The first-order valence-electron chi connectivity index (χ1n) is 5.36. The van der Waals surface area contributed by atoms with Crippen LogP contribution in [0.2, 0.25) is 0 Å². The number of hydrogen-bond acceptors (Lipinski definition) is 5. The number of nitrogens with zero attached hydrogens (tertiary/aromatic N) is 2. The number of nitrogen functional groups attached to an aromatic ring is 1. The molecule has 0 aliphatic heterocycles. The minimum Gasteiger partial charge on any atom is -0.436 e. The molecule has 0 radical (unpaired) electrons. The molecule has 3 rings (SSSR count). The highest BCUT2D eigenvalue weighted by Gasteiger charge is 2.08. The van der Waals surface area contributed by atoms with Gasteiger partial charge in [0.1, 0.15) is 11.2 Å². The summed E-state index contributed by atoms with van der Waals surface area (Å²) in [4.78, 5) is 14.8. The Labute approximate surface area is 102 Å². The average molecular weight is 239 g/mol. The molecule has 0 fully saturated rings. The second-order valence-corrected chi connectivity index (χ2v) is 3.88. The molecule has 5 nitrogen and oxygen atoms in total. The molecule has 2 aromatic carbocycles. The third kappa shape index (κ3) is 1.71. The van der Waals surface area contributed by atoms with E-state index in [1.165, 1.54) is 0 Å². The molecule has 0 spiro atoms. The molecule has 88 valence electrons. The van der Waals surface area contributed by atoms with E-state index in [2.05, 4.69) is 10.2 Å². The monoisotopic (exact) mass is 239 g/mol. The van der Waals surface area contributed by atoms with Crippen molar-refractivity contribution in [3.8, 4) is 11.5 Å². The Morgan fingerprint density at radius 3 is 2.61 bits per heavy atom. The summed E-state index contributed by atoms with van der Waals surface area (Å²) in [6.07, 6.45) is 0. The zero-order chi connectivity index (χ0) is 12.5. The molecule has 0 atom stereocenters. The summed E-state index contributed by atoms with van der Waals surface area (Å²) in [6, 6.07) is 12.1. The van der Waals surface area contributed by atoms with E-state index in [4.69, 9.17) is 10.2 Å². The first-order valence-corrected chi connectivity index (χ1v) is 5.36. The van der Waals surface area contributed by atoms with Crippen LogP contribution in [0, 0.1) is 4.91 Å². The summed E-state index contributed by atoms with van der Waals surface area (Å²) < 4.78 is 5.60. The van der Waals surface area contributed by atoms with Gasteiger partial charge in [0.25, 0.3) is 0 Å². The second kappa shape index (κ2) is 3.96. The number of hydrogen-bond donors (Lipinski definition) is 1. The van der Waals surface area contributed by atoms with Crippen LogP contribution in [0.15, 0.2) is 52.1 Å². The van der Waals surface area contributed by atoms with Gasteiger partial charge in [0, 0.05) is 11.3 Å². The van der Waals surface area contributed by atoms with E-state index in [0.717, 1.165) is 5.56 Å². The molecule has 1 heterocycles. The quantitative estimate of drug-likeness (QED) is 0.548. The van der Waals surface area contributed by atoms with Crippen LogP contribution in [0.1, 0.15) is 0 Å². The molecule has 3 aromatic rings. The van der Waals surface area contributed by atoms with E-state index in [1.807, 2.05) is 12.1 Å². The van der Waals surface area contributed by atoms with Crippen LogP contribution >= 0.6 is 0 Å². The molecule has 18 heavy (non-hydrogen) atoms. The highest BCUT2D eigenvalue weighted by Crippen LogP contribution is 2.27. The third-order valence-corrected chi connectivity index (χ3v) is 2.63. The Morgan fingerprint density at radius 1 is 1.11 bits per heavy atom. The van der Waals surface area contributed by atoms with Crippen molar-refractivity contribution >= 4 is 22.5 Å². The van der Waals surface area contributed by atoms with Crippen molar-refractivity contribution in [1.82, 2.24) is 4.98 Å².